The Hall–Kier alpha value is -3.76. The molecule has 172 valence electrons. The van der Waals surface area contributed by atoms with Crippen LogP contribution in [0.2, 0.25) is 0 Å². The molecule has 0 radical (unpaired) electrons. The number of hydrogen-bond donors (Lipinski definition) is 0. The predicted octanol–water partition coefficient (Wildman–Crippen LogP) is 2.84. The first kappa shape index (κ1) is 22.4. The fraction of sp³-hybridized carbons (Fsp3) is 0.273. The van der Waals surface area contributed by atoms with Gasteiger partial charge in [0.05, 0.1) is 17.8 Å². The van der Waals surface area contributed by atoms with Crippen molar-refractivity contribution >= 4 is 5.91 Å². The first-order valence-electron chi connectivity index (χ1n) is 10.1. The molecular formula is C22H18F4N4O3. The van der Waals surface area contributed by atoms with E-state index >= 15 is 0 Å². The summed E-state index contributed by atoms with van der Waals surface area (Å²) in [5.41, 5.74) is -2.94. The average molecular weight is 462 g/mol. The highest BCUT2D eigenvalue weighted by Gasteiger charge is 2.31. The van der Waals surface area contributed by atoms with Gasteiger partial charge in [-0.25, -0.2) is 9.18 Å². The zero-order chi connectivity index (χ0) is 23.8. The van der Waals surface area contributed by atoms with Gasteiger partial charge in [0.15, 0.2) is 0 Å². The molecule has 0 bridgehead atoms. The third-order valence-electron chi connectivity index (χ3n) is 5.35. The molecule has 1 amide bonds. The molecule has 1 aliphatic heterocycles. The van der Waals surface area contributed by atoms with Crippen LogP contribution in [0.3, 0.4) is 0 Å². The van der Waals surface area contributed by atoms with E-state index < -0.39 is 40.4 Å². The van der Waals surface area contributed by atoms with Crippen LogP contribution >= 0.6 is 0 Å². The molecule has 1 aromatic heterocycles. The fourth-order valence-electron chi connectivity index (χ4n) is 3.59. The van der Waals surface area contributed by atoms with Crippen LogP contribution in [0, 0.1) is 5.82 Å². The second-order valence-corrected chi connectivity index (χ2v) is 7.60. The molecule has 2 aromatic carbocycles. The van der Waals surface area contributed by atoms with Crippen molar-refractivity contribution in [2.45, 2.75) is 25.6 Å². The normalized spacial score (nSPS) is 14.0. The van der Waals surface area contributed by atoms with E-state index in [9.17, 15) is 31.9 Å². The second kappa shape index (κ2) is 8.64. The number of aromatic nitrogens is 3. The third-order valence-corrected chi connectivity index (χ3v) is 5.35. The van der Waals surface area contributed by atoms with Gasteiger partial charge in [-0.3, -0.25) is 14.2 Å². The molecule has 3 aromatic rings. The highest BCUT2D eigenvalue weighted by molar-refractivity contribution is 5.92. The standard InChI is InChI=1S/C22H18F4N4O3/c23-16-7-3-14(4-8-16)13-29-20(32)18(19(31)28-11-1-2-12-28)27-30(21(29)33)17-9-5-15(6-10-17)22(24,25)26/h3-10H,1-2,11-13H2. The first-order chi connectivity index (χ1) is 15.6. The van der Waals surface area contributed by atoms with E-state index in [4.69, 9.17) is 0 Å². The summed E-state index contributed by atoms with van der Waals surface area (Å²) in [5, 5.41) is 3.93. The summed E-state index contributed by atoms with van der Waals surface area (Å²) < 4.78 is 53.5. The monoisotopic (exact) mass is 462 g/mol. The molecule has 1 saturated heterocycles. The summed E-state index contributed by atoms with van der Waals surface area (Å²) >= 11 is 0. The van der Waals surface area contributed by atoms with Crippen molar-refractivity contribution in [3.05, 3.63) is 92.0 Å². The highest BCUT2D eigenvalue weighted by atomic mass is 19.4. The second-order valence-electron chi connectivity index (χ2n) is 7.60. The van der Waals surface area contributed by atoms with Gasteiger partial charge in [-0.1, -0.05) is 12.1 Å². The zero-order valence-electron chi connectivity index (χ0n) is 17.2. The molecule has 1 aliphatic rings. The van der Waals surface area contributed by atoms with Crippen LogP contribution in [0.5, 0.6) is 0 Å². The van der Waals surface area contributed by atoms with Crippen LogP contribution in [0.15, 0.2) is 58.1 Å². The van der Waals surface area contributed by atoms with Gasteiger partial charge in [0.2, 0.25) is 5.69 Å². The van der Waals surface area contributed by atoms with Gasteiger partial charge in [0.1, 0.15) is 5.82 Å². The summed E-state index contributed by atoms with van der Waals surface area (Å²) in [6.45, 7) is 0.579. The third kappa shape index (κ3) is 4.57. The highest BCUT2D eigenvalue weighted by Crippen LogP contribution is 2.29. The van der Waals surface area contributed by atoms with Gasteiger partial charge in [0.25, 0.3) is 11.5 Å². The molecule has 0 atom stereocenters. The Morgan fingerprint density at radius 1 is 0.939 bits per heavy atom. The molecule has 0 unspecified atom stereocenters. The quantitative estimate of drug-likeness (QED) is 0.559. The smallest absolute Gasteiger partial charge is 0.337 e. The summed E-state index contributed by atoms with van der Waals surface area (Å²) in [5.74, 6) is -1.17. The van der Waals surface area contributed by atoms with E-state index in [1.165, 1.54) is 17.0 Å². The molecule has 0 saturated carbocycles. The Balaban J connectivity index is 1.85. The number of nitrogens with zero attached hydrogens (tertiary/aromatic N) is 4. The van der Waals surface area contributed by atoms with Crippen molar-refractivity contribution < 1.29 is 22.4 Å². The zero-order valence-corrected chi connectivity index (χ0v) is 17.2. The molecule has 1 fully saturated rings. The van der Waals surface area contributed by atoms with Crippen molar-refractivity contribution in [1.82, 2.24) is 19.2 Å². The van der Waals surface area contributed by atoms with E-state index in [2.05, 4.69) is 5.10 Å². The van der Waals surface area contributed by atoms with Gasteiger partial charge in [-0.15, -0.1) is 0 Å². The van der Waals surface area contributed by atoms with Crippen molar-refractivity contribution in [2.75, 3.05) is 13.1 Å². The van der Waals surface area contributed by atoms with E-state index in [0.717, 1.165) is 58.5 Å². The summed E-state index contributed by atoms with van der Waals surface area (Å²) in [7, 11) is 0. The van der Waals surface area contributed by atoms with Crippen LogP contribution in [-0.2, 0) is 12.7 Å². The maximum absolute atomic E-state index is 13.3. The largest absolute Gasteiger partial charge is 0.416 e. The van der Waals surface area contributed by atoms with Gasteiger partial charge in [-0.05, 0) is 54.8 Å². The molecule has 33 heavy (non-hydrogen) atoms. The first-order valence-corrected chi connectivity index (χ1v) is 10.1. The number of alkyl halides is 3. The van der Waals surface area contributed by atoms with Crippen LogP contribution < -0.4 is 11.2 Å². The van der Waals surface area contributed by atoms with E-state index in [1.54, 1.807) is 0 Å². The van der Waals surface area contributed by atoms with Crippen LogP contribution in [0.1, 0.15) is 34.5 Å². The Kier molecular flexibility index (Phi) is 5.88. The maximum Gasteiger partial charge on any atom is 0.416 e. The van der Waals surface area contributed by atoms with Crippen molar-refractivity contribution in [1.29, 1.82) is 0 Å². The number of amides is 1. The molecule has 11 heteroatoms. The lowest BCUT2D eigenvalue weighted by Crippen LogP contribution is -2.46. The molecule has 7 nitrogen and oxygen atoms in total. The summed E-state index contributed by atoms with van der Waals surface area (Å²) in [6.07, 6.45) is -3.06. The Bertz CT molecular complexity index is 1290. The van der Waals surface area contributed by atoms with Gasteiger partial charge >= 0.3 is 11.9 Å². The Morgan fingerprint density at radius 2 is 1.55 bits per heavy atom. The number of halogens is 4. The van der Waals surface area contributed by atoms with Crippen molar-refractivity contribution in [3.63, 3.8) is 0 Å². The number of carbonyl (C=O) groups is 1. The maximum atomic E-state index is 13.3. The number of benzene rings is 2. The number of rotatable bonds is 4. The molecule has 0 aliphatic carbocycles. The molecular weight excluding hydrogens is 444 g/mol. The lowest BCUT2D eigenvalue weighted by atomic mass is 10.2. The van der Waals surface area contributed by atoms with E-state index in [0.29, 0.717) is 18.7 Å². The summed E-state index contributed by atoms with van der Waals surface area (Å²) in [6, 6.07) is 8.71. The average Bonchev–Trinajstić information content (AvgIpc) is 3.32. The minimum atomic E-state index is -4.57. The summed E-state index contributed by atoms with van der Waals surface area (Å²) in [4.78, 5) is 40.5. The van der Waals surface area contributed by atoms with Crippen molar-refractivity contribution in [3.8, 4) is 5.69 Å². The Morgan fingerprint density at radius 3 is 2.12 bits per heavy atom. The minimum Gasteiger partial charge on any atom is -0.337 e. The SMILES string of the molecule is O=C(c1nn(-c2ccc(C(F)(F)F)cc2)c(=O)n(Cc2ccc(F)cc2)c1=O)N1CCCC1. The molecule has 0 N–H and O–H groups in total. The van der Waals surface area contributed by atoms with E-state index in [1.807, 2.05) is 0 Å². The van der Waals surface area contributed by atoms with Gasteiger partial charge in [-0.2, -0.15) is 23.0 Å². The number of likely N-dealkylation sites (tertiary alicyclic amines) is 1. The predicted molar refractivity (Wildman–Crippen MR) is 110 cm³/mol. The lowest BCUT2D eigenvalue weighted by Gasteiger charge is -2.17. The minimum absolute atomic E-state index is 0.0451. The molecule has 0 spiro atoms. The molecule has 4 rings (SSSR count). The Labute approximate surface area is 184 Å². The molecule has 2 heterocycles. The number of carbonyl (C=O) groups excluding carboxylic acids is 1. The van der Waals surface area contributed by atoms with Gasteiger partial charge < -0.3 is 4.90 Å². The van der Waals surface area contributed by atoms with Crippen LogP contribution in [0.25, 0.3) is 5.69 Å². The van der Waals surface area contributed by atoms with E-state index in [-0.39, 0.29) is 12.2 Å². The van der Waals surface area contributed by atoms with Gasteiger partial charge in [0, 0.05) is 13.1 Å². The van der Waals surface area contributed by atoms with Crippen molar-refractivity contribution in [2.24, 2.45) is 0 Å². The van der Waals surface area contributed by atoms with Crippen LogP contribution in [-0.4, -0.2) is 38.2 Å². The lowest BCUT2D eigenvalue weighted by molar-refractivity contribution is -0.137. The van der Waals surface area contributed by atoms with Crippen LogP contribution in [0.4, 0.5) is 17.6 Å². The number of hydrogen-bond acceptors (Lipinski definition) is 4. The topological polar surface area (TPSA) is 77.2 Å². The fourth-order valence-corrected chi connectivity index (χ4v) is 3.59.